The lowest BCUT2D eigenvalue weighted by Crippen LogP contribution is -2.51. The first kappa shape index (κ1) is 25.7. The topological polar surface area (TPSA) is 9.86 Å². The average Bonchev–Trinajstić information content (AvgIpc) is 3.63. The second-order valence-electron chi connectivity index (χ2n) is 11.7. The van der Waals surface area contributed by atoms with E-state index in [1.807, 2.05) is 0 Å². The minimum Gasteiger partial charge on any atom is -0.309 e. The van der Waals surface area contributed by atoms with E-state index in [1.165, 1.54) is 71.4 Å². The molecule has 2 aromatic heterocycles. The summed E-state index contributed by atoms with van der Waals surface area (Å²) < 4.78 is 4.90. The maximum Gasteiger partial charge on any atom is 0.241 e. The zero-order valence-electron chi connectivity index (χ0n) is 24.7. The van der Waals surface area contributed by atoms with Gasteiger partial charge in [0, 0.05) is 32.9 Å². The number of rotatable bonds is 5. The number of para-hydroxylation sites is 3. The highest BCUT2D eigenvalue weighted by Gasteiger charge is 2.24. The molecular formula is C42H29BN2. The Labute approximate surface area is 262 Å². The fourth-order valence-electron chi connectivity index (χ4n) is 7.34. The van der Waals surface area contributed by atoms with Gasteiger partial charge in [-0.05, 0) is 42.5 Å². The number of hydrogen-bond donors (Lipinski definition) is 0. The molecule has 0 aliphatic carbocycles. The minimum absolute atomic E-state index is 0.125. The van der Waals surface area contributed by atoms with Crippen LogP contribution in [0.2, 0.25) is 0 Å². The van der Waals surface area contributed by atoms with E-state index < -0.39 is 0 Å². The predicted octanol–water partition coefficient (Wildman–Crippen LogP) is 8.40. The van der Waals surface area contributed by atoms with E-state index in [4.69, 9.17) is 0 Å². The molecule has 0 aliphatic rings. The highest BCUT2D eigenvalue weighted by molar-refractivity contribution is 6.95. The number of nitrogens with zero attached hydrogens (tertiary/aromatic N) is 2. The van der Waals surface area contributed by atoms with Crippen LogP contribution < -0.4 is 16.4 Å². The molecule has 0 aliphatic heterocycles. The number of fused-ring (bicyclic) bond motifs is 7. The van der Waals surface area contributed by atoms with Gasteiger partial charge in [-0.25, -0.2) is 0 Å². The first-order chi connectivity index (χ1) is 22.4. The van der Waals surface area contributed by atoms with Crippen molar-refractivity contribution < 1.29 is 0 Å². The van der Waals surface area contributed by atoms with Gasteiger partial charge in [0.05, 0.1) is 22.1 Å². The maximum atomic E-state index is 2.49. The Hall–Kier alpha value is -5.80. The minimum atomic E-state index is 0.125. The van der Waals surface area contributed by atoms with E-state index in [0.29, 0.717) is 0 Å². The molecule has 0 saturated carbocycles. The first-order valence-electron chi connectivity index (χ1n) is 15.6. The summed E-state index contributed by atoms with van der Waals surface area (Å²) in [6.07, 6.45) is 0. The van der Waals surface area contributed by atoms with Gasteiger partial charge >= 0.3 is 0 Å². The molecule has 2 heterocycles. The molecule has 0 amide bonds. The van der Waals surface area contributed by atoms with Crippen LogP contribution in [0.5, 0.6) is 0 Å². The Bertz CT molecular complexity index is 2440. The van der Waals surface area contributed by atoms with Gasteiger partial charge in [-0.2, -0.15) is 0 Å². The van der Waals surface area contributed by atoms with Crippen molar-refractivity contribution in [1.29, 1.82) is 0 Å². The second kappa shape index (κ2) is 10.4. The Balaban J connectivity index is 1.38. The fourth-order valence-corrected chi connectivity index (χ4v) is 7.34. The van der Waals surface area contributed by atoms with Gasteiger partial charge in [0.2, 0.25) is 6.71 Å². The van der Waals surface area contributed by atoms with E-state index in [9.17, 15) is 0 Å². The highest BCUT2D eigenvalue weighted by atomic mass is 15.0. The van der Waals surface area contributed by atoms with E-state index in [-0.39, 0.29) is 6.71 Å². The van der Waals surface area contributed by atoms with Gasteiger partial charge in [-0.1, -0.05) is 150 Å². The molecule has 9 rings (SSSR count). The van der Waals surface area contributed by atoms with Gasteiger partial charge in [0.25, 0.3) is 0 Å². The van der Waals surface area contributed by atoms with Gasteiger partial charge in [0.15, 0.2) is 0 Å². The van der Waals surface area contributed by atoms with E-state index in [0.717, 1.165) is 0 Å². The van der Waals surface area contributed by atoms with Gasteiger partial charge in [-0.3, -0.25) is 0 Å². The molecule has 9 aromatic rings. The van der Waals surface area contributed by atoms with Crippen molar-refractivity contribution in [2.45, 2.75) is 0 Å². The maximum absolute atomic E-state index is 2.49. The quantitative estimate of drug-likeness (QED) is 0.183. The van der Waals surface area contributed by atoms with Crippen molar-refractivity contribution in [2.75, 3.05) is 0 Å². The Morgan fingerprint density at radius 1 is 0.333 bits per heavy atom. The zero-order chi connectivity index (χ0) is 29.7. The average molecular weight is 573 g/mol. The van der Waals surface area contributed by atoms with Gasteiger partial charge < -0.3 is 9.13 Å². The summed E-state index contributed by atoms with van der Waals surface area (Å²) in [7, 11) is 0. The molecule has 45 heavy (non-hydrogen) atoms. The van der Waals surface area contributed by atoms with Crippen molar-refractivity contribution in [1.82, 2.24) is 9.13 Å². The Kier molecular flexibility index (Phi) is 5.95. The smallest absolute Gasteiger partial charge is 0.241 e. The van der Waals surface area contributed by atoms with Crippen LogP contribution in [0.1, 0.15) is 0 Å². The molecule has 0 atom stereocenters. The summed E-state index contributed by atoms with van der Waals surface area (Å²) in [6.45, 7) is 0.125. The Morgan fingerprint density at radius 3 is 1.56 bits per heavy atom. The third-order valence-electron chi connectivity index (χ3n) is 9.21. The molecule has 0 radical (unpaired) electrons. The third-order valence-corrected chi connectivity index (χ3v) is 9.21. The standard InChI is InChI=1S/C42H29BN2/c1-4-15-30(16-5-1)43(31-17-6-2-7-18-31)32-19-14-22-34(29-32)45-38-25-12-10-23-35(38)36-27-28-40-41(42(36)45)37-24-11-13-26-39(37)44(40)33-20-8-3-9-21-33/h1-29H. The Morgan fingerprint density at radius 2 is 0.867 bits per heavy atom. The van der Waals surface area contributed by atoms with Crippen LogP contribution in [0.3, 0.4) is 0 Å². The summed E-state index contributed by atoms with van der Waals surface area (Å²) >= 11 is 0. The van der Waals surface area contributed by atoms with Crippen LogP contribution in [0.15, 0.2) is 176 Å². The fraction of sp³-hybridized carbons (Fsp3) is 0. The van der Waals surface area contributed by atoms with Gasteiger partial charge in [-0.15, -0.1) is 0 Å². The summed E-state index contributed by atoms with van der Waals surface area (Å²) in [5.74, 6) is 0. The van der Waals surface area contributed by atoms with Gasteiger partial charge in [0.1, 0.15) is 0 Å². The normalized spacial score (nSPS) is 11.6. The zero-order valence-corrected chi connectivity index (χ0v) is 24.7. The van der Waals surface area contributed by atoms with Crippen LogP contribution in [0, 0.1) is 0 Å². The molecule has 0 bridgehead atoms. The molecule has 0 spiro atoms. The third kappa shape index (κ3) is 4.05. The summed E-state index contributed by atoms with van der Waals surface area (Å²) in [5, 5.41) is 5.06. The summed E-state index contributed by atoms with van der Waals surface area (Å²) in [5.41, 5.74) is 11.1. The van der Waals surface area contributed by atoms with Crippen LogP contribution in [0.25, 0.3) is 55.0 Å². The monoisotopic (exact) mass is 572 g/mol. The van der Waals surface area contributed by atoms with E-state index >= 15 is 0 Å². The summed E-state index contributed by atoms with van der Waals surface area (Å²) in [4.78, 5) is 0. The molecule has 210 valence electrons. The van der Waals surface area contributed by atoms with Crippen LogP contribution in [-0.4, -0.2) is 15.8 Å². The highest BCUT2D eigenvalue weighted by Crippen LogP contribution is 2.41. The lowest BCUT2D eigenvalue weighted by atomic mass is 9.37. The summed E-state index contributed by atoms with van der Waals surface area (Å²) in [6, 6.07) is 63.9. The molecule has 3 heteroatoms. The first-order valence-corrected chi connectivity index (χ1v) is 15.6. The molecule has 0 N–H and O–H groups in total. The van der Waals surface area contributed by atoms with Crippen LogP contribution in [0.4, 0.5) is 0 Å². The molecule has 0 fully saturated rings. The van der Waals surface area contributed by atoms with Crippen molar-refractivity contribution >= 4 is 66.7 Å². The molecule has 0 unspecified atom stereocenters. The molecular weight excluding hydrogens is 543 g/mol. The molecule has 0 saturated heterocycles. The van der Waals surface area contributed by atoms with Crippen molar-refractivity contribution in [3.05, 3.63) is 176 Å². The van der Waals surface area contributed by atoms with Crippen molar-refractivity contribution in [2.24, 2.45) is 0 Å². The lowest BCUT2D eigenvalue weighted by molar-refractivity contribution is 1.17. The van der Waals surface area contributed by atoms with Crippen molar-refractivity contribution in [3.8, 4) is 11.4 Å². The number of hydrogen-bond acceptors (Lipinski definition) is 0. The predicted molar refractivity (Wildman–Crippen MR) is 193 cm³/mol. The number of aromatic nitrogens is 2. The largest absolute Gasteiger partial charge is 0.309 e. The molecule has 2 nitrogen and oxygen atoms in total. The SMILES string of the molecule is c1ccc(B(c2ccccc2)c2cccc(-n3c4ccccc4c4ccc5c(c6ccccc6n5-c5ccccc5)c43)c2)cc1. The second-order valence-corrected chi connectivity index (χ2v) is 11.7. The lowest BCUT2D eigenvalue weighted by Gasteiger charge is -2.17. The molecule has 7 aromatic carbocycles. The number of benzene rings is 7. The van der Waals surface area contributed by atoms with Crippen molar-refractivity contribution in [3.63, 3.8) is 0 Å². The van der Waals surface area contributed by atoms with E-state index in [2.05, 4.69) is 185 Å². The van der Waals surface area contributed by atoms with Crippen LogP contribution in [-0.2, 0) is 0 Å². The van der Waals surface area contributed by atoms with E-state index in [1.54, 1.807) is 0 Å². The van der Waals surface area contributed by atoms with Crippen LogP contribution >= 0.6 is 0 Å².